The number of alkyl halides is 3. The Hall–Kier alpha value is -3.57. The van der Waals surface area contributed by atoms with Crippen LogP contribution >= 0.6 is 0 Å². The van der Waals surface area contributed by atoms with Crippen LogP contribution in [0.5, 0.6) is 5.75 Å². The van der Waals surface area contributed by atoms with Gasteiger partial charge in [0, 0.05) is 60.2 Å². The molecule has 0 aliphatic carbocycles. The summed E-state index contributed by atoms with van der Waals surface area (Å²) < 4.78 is 47.1. The molecular formula is C29H34F3N5O3. The van der Waals surface area contributed by atoms with Gasteiger partial charge >= 0.3 is 12.2 Å². The number of nitrogens with one attached hydrogen (secondary N) is 2. The van der Waals surface area contributed by atoms with E-state index in [1.807, 2.05) is 31.2 Å². The second-order valence-electron chi connectivity index (χ2n) is 11.2. The third kappa shape index (κ3) is 6.10. The number of aliphatic hydroxyl groups is 1. The molecule has 8 nitrogen and oxygen atoms in total. The maximum Gasteiger partial charge on any atom is 0.416 e. The number of urea groups is 1. The van der Waals surface area contributed by atoms with Crippen LogP contribution in [-0.2, 0) is 6.18 Å². The summed E-state index contributed by atoms with van der Waals surface area (Å²) >= 11 is 0. The lowest BCUT2D eigenvalue weighted by atomic mass is 10.1. The number of hydrogen-bond acceptors (Lipinski definition) is 6. The SMILES string of the molecule is Cc1cc(Nc2cc(OCCN3CC4CC3CN4C(=O)NC(C)(C)CO)cc(C(F)(F)F)c2)c2ccccc2n1. The molecule has 0 radical (unpaired) electrons. The predicted octanol–water partition coefficient (Wildman–Crippen LogP) is 4.92. The van der Waals surface area contributed by atoms with Crippen LogP contribution in [0.25, 0.3) is 10.9 Å². The molecule has 40 heavy (non-hydrogen) atoms. The van der Waals surface area contributed by atoms with Crippen LogP contribution in [0.1, 0.15) is 31.5 Å². The molecule has 3 heterocycles. The molecule has 2 unspecified atom stereocenters. The highest BCUT2D eigenvalue weighted by atomic mass is 19.4. The number of rotatable bonds is 8. The van der Waals surface area contributed by atoms with Gasteiger partial charge in [-0.1, -0.05) is 18.2 Å². The molecule has 5 rings (SSSR count). The highest BCUT2D eigenvalue weighted by Gasteiger charge is 2.45. The van der Waals surface area contributed by atoms with Crippen molar-refractivity contribution in [1.29, 1.82) is 0 Å². The van der Waals surface area contributed by atoms with Crippen molar-refractivity contribution in [2.75, 3.05) is 38.2 Å². The number of carbonyl (C=O) groups excluding carboxylic acids is 1. The van der Waals surface area contributed by atoms with E-state index in [-0.39, 0.29) is 42.8 Å². The number of ether oxygens (including phenoxy) is 1. The first-order valence-corrected chi connectivity index (χ1v) is 13.3. The van der Waals surface area contributed by atoms with Crippen molar-refractivity contribution in [3.8, 4) is 5.75 Å². The second kappa shape index (κ2) is 10.8. The Morgan fingerprint density at radius 1 is 1.12 bits per heavy atom. The molecule has 2 saturated heterocycles. The van der Waals surface area contributed by atoms with Crippen LogP contribution in [0, 0.1) is 6.92 Å². The Bertz CT molecular complexity index is 1400. The summed E-state index contributed by atoms with van der Waals surface area (Å²) in [6.45, 7) is 7.19. The van der Waals surface area contributed by atoms with Gasteiger partial charge < -0.3 is 25.4 Å². The summed E-state index contributed by atoms with van der Waals surface area (Å²) in [5.41, 5.74) is 0.939. The average molecular weight is 558 g/mol. The number of hydrogen-bond donors (Lipinski definition) is 3. The van der Waals surface area contributed by atoms with Gasteiger partial charge in [-0.3, -0.25) is 9.88 Å². The molecule has 3 N–H and O–H groups in total. The van der Waals surface area contributed by atoms with Crippen molar-refractivity contribution in [1.82, 2.24) is 20.1 Å². The van der Waals surface area contributed by atoms with E-state index < -0.39 is 17.3 Å². The molecule has 3 aromatic rings. The van der Waals surface area contributed by atoms with Gasteiger partial charge in [0.25, 0.3) is 0 Å². The van der Waals surface area contributed by atoms with Gasteiger partial charge in [0.1, 0.15) is 12.4 Å². The summed E-state index contributed by atoms with van der Waals surface area (Å²) in [4.78, 5) is 21.2. The molecule has 2 atom stereocenters. The Kier molecular flexibility index (Phi) is 7.54. The summed E-state index contributed by atoms with van der Waals surface area (Å²) in [5, 5.41) is 16.2. The lowest BCUT2D eigenvalue weighted by Crippen LogP contribution is -2.57. The minimum absolute atomic E-state index is 0.0579. The van der Waals surface area contributed by atoms with Crippen LogP contribution in [-0.4, -0.2) is 76.4 Å². The molecule has 1 aromatic heterocycles. The number of nitrogens with zero attached hydrogens (tertiary/aromatic N) is 3. The zero-order valence-electron chi connectivity index (χ0n) is 22.8. The summed E-state index contributed by atoms with van der Waals surface area (Å²) in [6, 6.07) is 13.0. The van der Waals surface area contributed by atoms with Crippen molar-refractivity contribution in [3.63, 3.8) is 0 Å². The molecule has 2 amide bonds. The molecule has 0 saturated carbocycles. The lowest BCUT2D eigenvalue weighted by molar-refractivity contribution is -0.137. The standard InChI is InChI=1S/C29H34F3N5O3/c1-18-10-26(24-6-4-5-7-25(24)33-18)34-20-11-19(29(30,31)32)12-23(13-20)40-9-8-36-15-22-14-21(36)16-37(22)27(39)35-28(2,3)17-38/h4-7,10-13,21-22,38H,8-9,14-17H2,1-3H3,(H,33,34)(H,35,39). The Morgan fingerprint density at radius 2 is 1.90 bits per heavy atom. The number of pyridine rings is 1. The quantitative estimate of drug-likeness (QED) is 0.364. The fourth-order valence-electron chi connectivity index (χ4n) is 5.44. The van der Waals surface area contributed by atoms with Crippen molar-refractivity contribution < 1.29 is 27.8 Å². The van der Waals surface area contributed by atoms with Crippen molar-refractivity contribution in [2.45, 2.75) is 51.0 Å². The van der Waals surface area contributed by atoms with Gasteiger partial charge in [-0.25, -0.2) is 4.79 Å². The van der Waals surface area contributed by atoms with E-state index >= 15 is 0 Å². The summed E-state index contributed by atoms with van der Waals surface area (Å²) in [7, 11) is 0. The minimum Gasteiger partial charge on any atom is -0.492 e. The van der Waals surface area contributed by atoms with Crippen LogP contribution in [0.3, 0.4) is 0 Å². The zero-order chi connectivity index (χ0) is 28.7. The maximum absolute atomic E-state index is 13.7. The fourth-order valence-corrected chi connectivity index (χ4v) is 5.44. The van der Waals surface area contributed by atoms with E-state index in [2.05, 4.69) is 20.5 Å². The first-order chi connectivity index (χ1) is 18.9. The van der Waals surface area contributed by atoms with E-state index in [0.717, 1.165) is 35.2 Å². The molecule has 11 heteroatoms. The molecular weight excluding hydrogens is 523 g/mol. The maximum atomic E-state index is 13.7. The minimum atomic E-state index is -4.53. The largest absolute Gasteiger partial charge is 0.492 e. The van der Waals surface area contributed by atoms with E-state index in [1.165, 1.54) is 0 Å². The Morgan fingerprint density at radius 3 is 2.60 bits per heavy atom. The van der Waals surface area contributed by atoms with Gasteiger partial charge in [0.2, 0.25) is 0 Å². The topological polar surface area (TPSA) is 90.0 Å². The first-order valence-electron chi connectivity index (χ1n) is 13.3. The Balaban J connectivity index is 1.24. The van der Waals surface area contributed by atoms with E-state index in [9.17, 15) is 23.1 Å². The number of aromatic nitrogens is 1. The van der Waals surface area contributed by atoms with Gasteiger partial charge in [-0.05, 0) is 51.5 Å². The number of carbonyl (C=O) groups is 1. The van der Waals surface area contributed by atoms with E-state index in [0.29, 0.717) is 25.3 Å². The monoisotopic (exact) mass is 557 g/mol. The molecule has 2 aliphatic heterocycles. The number of para-hydroxylation sites is 1. The van der Waals surface area contributed by atoms with Gasteiger partial charge in [0.05, 0.1) is 23.2 Å². The average Bonchev–Trinajstić information content (AvgIpc) is 3.49. The lowest BCUT2D eigenvalue weighted by Gasteiger charge is -2.36. The number of benzene rings is 2. The molecule has 2 fully saturated rings. The number of aryl methyl sites for hydroxylation is 1. The van der Waals surface area contributed by atoms with Gasteiger partial charge in [-0.15, -0.1) is 0 Å². The van der Waals surface area contributed by atoms with Crippen molar-refractivity contribution in [3.05, 3.63) is 59.8 Å². The second-order valence-corrected chi connectivity index (χ2v) is 11.2. The third-order valence-electron chi connectivity index (χ3n) is 7.46. The number of likely N-dealkylation sites (tertiary alicyclic amines) is 2. The normalized spacial score (nSPS) is 19.3. The molecule has 2 bridgehead atoms. The smallest absolute Gasteiger partial charge is 0.416 e. The highest BCUT2D eigenvalue weighted by molar-refractivity contribution is 5.93. The number of fused-ring (bicyclic) bond motifs is 3. The first kappa shape index (κ1) is 28.0. The van der Waals surface area contributed by atoms with Crippen molar-refractivity contribution in [2.24, 2.45) is 0 Å². The zero-order valence-corrected chi connectivity index (χ0v) is 22.8. The van der Waals surface area contributed by atoms with Gasteiger partial charge in [-0.2, -0.15) is 13.2 Å². The van der Waals surface area contributed by atoms with Crippen molar-refractivity contribution >= 4 is 28.3 Å². The molecule has 0 spiro atoms. The number of halogens is 3. The highest BCUT2D eigenvalue weighted by Crippen LogP contribution is 2.36. The molecule has 214 valence electrons. The predicted molar refractivity (Wildman–Crippen MR) is 147 cm³/mol. The number of aliphatic hydroxyl groups excluding tert-OH is 1. The van der Waals surface area contributed by atoms with Gasteiger partial charge in [0.15, 0.2) is 0 Å². The summed E-state index contributed by atoms with van der Waals surface area (Å²) in [6.07, 6.45) is -3.70. The third-order valence-corrected chi connectivity index (χ3v) is 7.46. The molecule has 2 aromatic carbocycles. The molecule has 2 aliphatic rings. The van der Waals surface area contributed by atoms with E-state index in [4.69, 9.17) is 4.74 Å². The van der Waals surface area contributed by atoms with E-state index in [1.54, 1.807) is 30.9 Å². The fraction of sp³-hybridized carbons (Fsp3) is 0.448. The Labute approximate surface area is 231 Å². The van der Waals surface area contributed by atoms with Crippen LogP contribution < -0.4 is 15.4 Å². The number of anilines is 2. The van der Waals surface area contributed by atoms with Crippen LogP contribution in [0.15, 0.2) is 48.5 Å². The summed E-state index contributed by atoms with van der Waals surface area (Å²) in [5.74, 6) is 0.129. The van der Waals surface area contributed by atoms with Crippen LogP contribution in [0.4, 0.5) is 29.3 Å². The van der Waals surface area contributed by atoms with Crippen LogP contribution in [0.2, 0.25) is 0 Å². The number of amides is 2. The number of piperazine rings is 1.